The quantitative estimate of drug-likeness (QED) is 0.219. The third-order valence-electron chi connectivity index (χ3n) is 7.20. The molecule has 39 heavy (non-hydrogen) atoms. The summed E-state index contributed by atoms with van der Waals surface area (Å²) >= 11 is 6.68. The molecular formula is C28H33ClN6O4. The fourth-order valence-electron chi connectivity index (χ4n) is 5.17. The minimum Gasteiger partial charge on any atom is -0.491 e. The lowest BCUT2D eigenvalue weighted by Gasteiger charge is -2.37. The van der Waals surface area contributed by atoms with Crippen LogP contribution in [0, 0.1) is 6.92 Å². The van der Waals surface area contributed by atoms with Crippen LogP contribution in [0.4, 0.5) is 11.6 Å². The zero-order valence-electron chi connectivity index (χ0n) is 22.3. The van der Waals surface area contributed by atoms with E-state index in [1.165, 1.54) is 5.69 Å². The van der Waals surface area contributed by atoms with E-state index in [1.807, 2.05) is 31.2 Å². The van der Waals surface area contributed by atoms with E-state index in [9.17, 15) is 0 Å². The summed E-state index contributed by atoms with van der Waals surface area (Å²) < 4.78 is 24.9. The Morgan fingerprint density at radius 3 is 2.44 bits per heavy atom. The highest BCUT2D eigenvalue weighted by atomic mass is 35.5. The van der Waals surface area contributed by atoms with Gasteiger partial charge in [-0.05, 0) is 62.6 Å². The second-order valence-electron chi connectivity index (χ2n) is 9.83. The first-order chi connectivity index (χ1) is 19.1. The topological polar surface area (TPSA) is 90.9 Å². The van der Waals surface area contributed by atoms with Gasteiger partial charge in [0.1, 0.15) is 29.9 Å². The van der Waals surface area contributed by atoms with Crippen LogP contribution in [-0.2, 0) is 9.47 Å². The second-order valence-corrected chi connectivity index (χ2v) is 10.2. The number of anilines is 2. The highest BCUT2D eigenvalue weighted by Crippen LogP contribution is 2.35. The predicted octanol–water partition coefficient (Wildman–Crippen LogP) is 5.10. The highest BCUT2D eigenvalue weighted by Gasteiger charge is 2.30. The van der Waals surface area contributed by atoms with E-state index in [4.69, 9.17) is 40.2 Å². The van der Waals surface area contributed by atoms with E-state index in [2.05, 4.69) is 31.5 Å². The van der Waals surface area contributed by atoms with Gasteiger partial charge in [0.15, 0.2) is 22.4 Å². The van der Waals surface area contributed by atoms with Gasteiger partial charge >= 0.3 is 0 Å². The number of aromatic nitrogens is 4. The summed E-state index contributed by atoms with van der Waals surface area (Å²) in [5.41, 5.74) is 2.43. The van der Waals surface area contributed by atoms with Gasteiger partial charge in [-0.25, -0.2) is 15.0 Å². The van der Waals surface area contributed by atoms with Crippen LogP contribution in [0.25, 0.3) is 22.7 Å². The zero-order chi connectivity index (χ0) is 26.8. The normalized spacial score (nSPS) is 18.2. The van der Waals surface area contributed by atoms with Gasteiger partial charge in [-0.15, -0.1) is 0 Å². The molecule has 206 valence electrons. The lowest BCUT2D eigenvalue weighted by molar-refractivity contribution is -0.0289. The first kappa shape index (κ1) is 25.9. The number of halogens is 1. The van der Waals surface area contributed by atoms with E-state index in [0.29, 0.717) is 47.7 Å². The summed E-state index contributed by atoms with van der Waals surface area (Å²) in [5, 5.41) is 0.311. The van der Waals surface area contributed by atoms with Gasteiger partial charge in [-0.3, -0.25) is 4.57 Å². The van der Waals surface area contributed by atoms with Crippen molar-refractivity contribution in [1.29, 1.82) is 0 Å². The van der Waals surface area contributed by atoms with E-state index >= 15 is 0 Å². The number of hydrogen-bond acceptors (Lipinski definition) is 9. The molecule has 0 spiro atoms. The molecule has 1 unspecified atom stereocenters. The molecular weight excluding hydrogens is 520 g/mol. The number of aryl methyl sites for hydroxylation is 1. The van der Waals surface area contributed by atoms with Crippen molar-refractivity contribution in [2.24, 2.45) is 0 Å². The van der Waals surface area contributed by atoms with Crippen LogP contribution in [0.1, 0.15) is 31.3 Å². The number of hydrogen-bond donors (Lipinski definition) is 0. The average Bonchev–Trinajstić information content (AvgIpc) is 3.58. The van der Waals surface area contributed by atoms with Crippen LogP contribution in [0.2, 0.25) is 5.15 Å². The molecule has 3 aromatic heterocycles. The van der Waals surface area contributed by atoms with Crippen molar-refractivity contribution < 1.29 is 18.6 Å². The molecule has 2 fully saturated rings. The number of methoxy groups -OCH3 is 1. The van der Waals surface area contributed by atoms with Gasteiger partial charge in [0, 0.05) is 45.6 Å². The number of ether oxygens (including phenoxy) is 3. The van der Waals surface area contributed by atoms with Crippen molar-refractivity contribution in [3.05, 3.63) is 47.3 Å². The van der Waals surface area contributed by atoms with E-state index in [0.717, 1.165) is 62.9 Å². The molecule has 2 aliphatic heterocycles. The predicted molar refractivity (Wildman–Crippen MR) is 150 cm³/mol. The summed E-state index contributed by atoms with van der Waals surface area (Å²) in [4.78, 5) is 19.0. The first-order valence-electron chi connectivity index (χ1n) is 13.5. The standard InChI is InChI=1S/C28H33ClN6O4/c1-19-6-11-22(39-19)26-31-25(29)24-27(32-26)35(23-5-3-4-16-38-23)28(30-24)34-14-12-33(13-15-34)20-7-9-21(10-8-20)37-18-17-36-2/h6-11,23H,3-5,12-18H2,1-2H3. The van der Waals surface area contributed by atoms with Crippen LogP contribution < -0.4 is 14.5 Å². The Kier molecular flexibility index (Phi) is 7.58. The minimum atomic E-state index is -0.153. The maximum atomic E-state index is 6.68. The van der Waals surface area contributed by atoms with Crippen molar-refractivity contribution in [3.8, 4) is 17.3 Å². The SMILES string of the molecule is COCCOc1ccc(N2CCN(c3nc4c(Cl)nc(-c5ccc(C)o5)nc4n3C3CCCCO3)CC2)cc1. The number of furan rings is 1. The highest BCUT2D eigenvalue weighted by molar-refractivity contribution is 6.33. The maximum absolute atomic E-state index is 6.68. The molecule has 1 aromatic carbocycles. The lowest BCUT2D eigenvalue weighted by Crippen LogP contribution is -2.47. The third-order valence-corrected chi connectivity index (χ3v) is 7.47. The molecule has 0 saturated carbocycles. The molecule has 11 heteroatoms. The summed E-state index contributed by atoms with van der Waals surface area (Å²) in [7, 11) is 1.67. The number of imidazole rings is 1. The molecule has 4 aromatic rings. The van der Waals surface area contributed by atoms with Crippen molar-refractivity contribution in [1.82, 2.24) is 19.5 Å². The number of piperazine rings is 1. The fraction of sp³-hybridized carbons (Fsp3) is 0.464. The monoisotopic (exact) mass is 552 g/mol. The first-order valence-corrected chi connectivity index (χ1v) is 13.8. The van der Waals surface area contributed by atoms with Gasteiger partial charge in [-0.2, -0.15) is 0 Å². The molecule has 6 rings (SSSR count). The molecule has 5 heterocycles. The van der Waals surface area contributed by atoms with Crippen LogP contribution in [0.3, 0.4) is 0 Å². The molecule has 0 N–H and O–H groups in total. The Balaban J connectivity index is 1.26. The molecule has 0 radical (unpaired) electrons. The molecule has 2 aliphatic rings. The number of rotatable bonds is 8. The summed E-state index contributed by atoms with van der Waals surface area (Å²) in [6.07, 6.45) is 2.89. The number of fused-ring (bicyclic) bond motifs is 1. The smallest absolute Gasteiger partial charge is 0.210 e. The van der Waals surface area contributed by atoms with Crippen molar-refractivity contribution in [3.63, 3.8) is 0 Å². The van der Waals surface area contributed by atoms with Gasteiger partial charge in [0.05, 0.1) is 6.61 Å². The molecule has 0 bridgehead atoms. The zero-order valence-corrected chi connectivity index (χ0v) is 23.1. The van der Waals surface area contributed by atoms with Crippen molar-refractivity contribution in [2.45, 2.75) is 32.4 Å². The second kappa shape index (κ2) is 11.4. The minimum absolute atomic E-state index is 0.153. The van der Waals surface area contributed by atoms with Crippen LogP contribution in [0.5, 0.6) is 5.75 Å². The number of benzene rings is 1. The van der Waals surface area contributed by atoms with Crippen LogP contribution in [-0.4, -0.2) is 72.6 Å². The summed E-state index contributed by atoms with van der Waals surface area (Å²) in [6.45, 7) is 7.04. The van der Waals surface area contributed by atoms with E-state index < -0.39 is 0 Å². The van der Waals surface area contributed by atoms with Crippen LogP contribution >= 0.6 is 11.6 Å². The van der Waals surface area contributed by atoms with Crippen molar-refractivity contribution >= 4 is 34.4 Å². The Morgan fingerprint density at radius 1 is 0.949 bits per heavy atom. The Labute approximate surface area is 232 Å². The van der Waals surface area contributed by atoms with E-state index in [1.54, 1.807) is 7.11 Å². The third kappa shape index (κ3) is 5.41. The van der Waals surface area contributed by atoms with Gasteiger partial charge in [0.2, 0.25) is 5.95 Å². The molecule has 0 amide bonds. The van der Waals surface area contributed by atoms with E-state index in [-0.39, 0.29) is 6.23 Å². The average molecular weight is 553 g/mol. The largest absolute Gasteiger partial charge is 0.491 e. The van der Waals surface area contributed by atoms with Gasteiger partial charge < -0.3 is 28.4 Å². The van der Waals surface area contributed by atoms with Crippen LogP contribution in [0.15, 0.2) is 40.8 Å². The lowest BCUT2D eigenvalue weighted by atomic mass is 10.2. The van der Waals surface area contributed by atoms with Crippen molar-refractivity contribution in [2.75, 3.05) is 62.9 Å². The molecule has 1 atom stereocenters. The van der Waals surface area contributed by atoms with Gasteiger partial charge in [0.25, 0.3) is 0 Å². The fourth-order valence-corrected chi connectivity index (χ4v) is 5.38. The maximum Gasteiger partial charge on any atom is 0.210 e. The Morgan fingerprint density at radius 2 is 1.74 bits per heavy atom. The molecule has 0 aliphatic carbocycles. The Bertz CT molecular complexity index is 1410. The summed E-state index contributed by atoms with van der Waals surface area (Å²) in [5.74, 6) is 3.49. The number of nitrogens with zero attached hydrogens (tertiary/aromatic N) is 6. The Hall–Kier alpha value is -3.34. The molecule has 10 nitrogen and oxygen atoms in total. The van der Waals surface area contributed by atoms with Gasteiger partial charge in [-0.1, -0.05) is 11.6 Å². The molecule has 2 saturated heterocycles. The summed E-state index contributed by atoms with van der Waals surface area (Å²) in [6, 6.07) is 12.0.